The molecule has 0 saturated carbocycles. The Balaban J connectivity index is 1.70. The number of rotatable bonds is 7. The number of amides is 1. The molecule has 3 rings (SSSR count). The summed E-state index contributed by atoms with van der Waals surface area (Å²) in [5.74, 6) is 1.12. The fourth-order valence-electron chi connectivity index (χ4n) is 3.61. The molecule has 2 aromatic rings. The van der Waals surface area contributed by atoms with Crippen LogP contribution in [0.2, 0.25) is 0 Å². The number of aromatic nitrogens is 1. The Morgan fingerprint density at radius 2 is 1.79 bits per heavy atom. The van der Waals surface area contributed by atoms with Crippen molar-refractivity contribution in [2.24, 2.45) is 5.92 Å². The first-order valence-electron chi connectivity index (χ1n) is 10.5. The first kappa shape index (κ1) is 20.6. The highest BCUT2D eigenvalue weighted by Gasteiger charge is 2.24. The van der Waals surface area contributed by atoms with Gasteiger partial charge in [0.25, 0.3) is 5.91 Å². The minimum absolute atomic E-state index is 0.00306. The van der Waals surface area contributed by atoms with E-state index in [4.69, 9.17) is 4.42 Å². The summed E-state index contributed by atoms with van der Waals surface area (Å²) in [7, 11) is 0. The molecular weight excluding hydrogens is 350 g/mol. The molecule has 1 aromatic heterocycles. The summed E-state index contributed by atoms with van der Waals surface area (Å²) in [6.45, 7) is 11.9. The Morgan fingerprint density at radius 3 is 2.43 bits per heavy atom. The Morgan fingerprint density at radius 1 is 1.11 bits per heavy atom. The zero-order valence-corrected chi connectivity index (χ0v) is 17.6. The van der Waals surface area contributed by atoms with E-state index in [0.717, 1.165) is 32.5 Å². The SMILES string of the molecule is Cc1ccc(CN(Cc2nc(C(=O)N3CCCCC3)co2)C(C)C(C)C)cc1. The second-order valence-electron chi connectivity index (χ2n) is 8.35. The zero-order valence-electron chi connectivity index (χ0n) is 17.6. The topological polar surface area (TPSA) is 49.6 Å². The van der Waals surface area contributed by atoms with Gasteiger partial charge in [-0.15, -0.1) is 0 Å². The highest BCUT2D eigenvalue weighted by Crippen LogP contribution is 2.19. The van der Waals surface area contributed by atoms with Crippen LogP contribution in [0.4, 0.5) is 0 Å². The maximum Gasteiger partial charge on any atom is 0.275 e. The third-order valence-electron chi connectivity index (χ3n) is 5.80. The molecule has 1 aliphatic rings. The predicted octanol–water partition coefficient (Wildman–Crippen LogP) is 4.66. The van der Waals surface area contributed by atoms with Crippen molar-refractivity contribution in [1.82, 2.24) is 14.8 Å². The van der Waals surface area contributed by atoms with Gasteiger partial charge in [-0.1, -0.05) is 43.7 Å². The summed E-state index contributed by atoms with van der Waals surface area (Å²) >= 11 is 0. The maximum atomic E-state index is 12.7. The molecule has 5 heteroatoms. The number of aryl methyl sites for hydroxylation is 1. The highest BCUT2D eigenvalue weighted by atomic mass is 16.3. The number of benzene rings is 1. The van der Waals surface area contributed by atoms with Gasteiger partial charge >= 0.3 is 0 Å². The van der Waals surface area contributed by atoms with Crippen LogP contribution >= 0.6 is 0 Å². The van der Waals surface area contributed by atoms with E-state index in [1.54, 1.807) is 0 Å². The fourth-order valence-corrected chi connectivity index (χ4v) is 3.61. The van der Waals surface area contributed by atoms with Crippen LogP contribution in [-0.4, -0.2) is 39.8 Å². The lowest BCUT2D eigenvalue weighted by atomic mass is 10.0. The van der Waals surface area contributed by atoms with Gasteiger partial charge in [0.2, 0.25) is 5.89 Å². The van der Waals surface area contributed by atoms with Gasteiger partial charge in [0.15, 0.2) is 5.69 Å². The molecule has 0 spiro atoms. The molecule has 0 radical (unpaired) electrons. The van der Waals surface area contributed by atoms with Gasteiger partial charge in [-0.25, -0.2) is 4.98 Å². The standard InChI is InChI=1S/C23H33N3O2/c1-17(2)19(4)26(14-20-10-8-18(3)9-11-20)15-22-24-21(16-28-22)23(27)25-12-6-5-7-13-25/h8-11,16-17,19H,5-7,12-15H2,1-4H3. The third-order valence-corrected chi connectivity index (χ3v) is 5.80. The number of carbonyl (C=O) groups excluding carboxylic acids is 1. The summed E-state index contributed by atoms with van der Waals surface area (Å²) in [6, 6.07) is 9.02. The lowest BCUT2D eigenvalue weighted by Gasteiger charge is -2.30. The van der Waals surface area contributed by atoms with Crippen molar-refractivity contribution in [3.8, 4) is 0 Å². The molecular formula is C23H33N3O2. The second-order valence-corrected chi connectivity index (χ2v) is 8.35. The van der Waals surface area contributed by atoms with Gasteiger partial charge in [0.05, 0.1) is 6.54 Å². The molecule has 1 aliphatic heterocycles. The quantitative estimate of drug-likeness (QED) is 0.698. The van der Waals surface area contributed by atoms with Crippen LogP contribution in [0.25, 0.3) is 0 Å². The van der Waals surface area contributed by atoms with Gasteiger partial charge < -0.3 is 9.32 Å². The number of likely N-dealkylation sites (tertiary alicyclic amines) is 1. The van der Waals surface area contributed by atoms with Crippen molar-refractivity contribution in [3.63, 3.8) is 0 Å². The van der Waals surface area contributed by atoms with E-state index in [2.05, 4.69) is 61.8 Å². The normalized spacial score (nSPS) is 16.0. The van der Waals surface area contributed by atoms with Crippen LogP contribution < -0.4 is 0 Å². The summed E-state index contributed by atoms with van der Waals surface area (Å²) in [5.41, 5.74) is 2.97. The van der Waals surface area contributed by atoms with E-state index in [9.17, 15) is 4.79 Å². The number of carbonyl (C=O) groups is 1. The molecule has 1 saturated heterocycles. The van der Waals surface area contributed by atoms with E-state index in [1.807, 2.05) is 4.90 Å². The highest BCUT2D eigenvalue weighted by molar-refractivity contribution is 5.92. The van der Waals surface area contributed by atoms with Crippen molar-refractivity contribution >= 4 is 5.91 Å². The van der Waals surface area contributed by atoms with Crippen LogP contribution in [0.3, 0.4) is 0 Å². The Bertz CT molecular complexity index is 760. The van der Waals surface area contributed by atoms with Gasteiger partial charge in [-0.2, -0.15) is 0 Å². The molecule has 1 fully saturated rings. The number of piperidine rings is 1. The third kappa shape index (κ3) is 5.22. The van der Waals surface area contributed by atoms with Crippen LogP contribution in [-0.2, 0) is 13.1 Å². The average molecular weight is 384 g/mol. The summed E-state index contributed by atoms with van der Waals surface area (Å²) < 4.78 is 5.69. The van der Waals surface area contributed by atoms with Gasteiger partial charge in [0, 0.05) is 25.7 Å². The number of hydrogen-bond acceptors (Lipinski definition) is 4. The predicted molar refractivity (Wildman–Crippen MR) is 111 cm³/mol. The largest absolute Gasteiger partial charge is 0.447 e. The average Bonchev–Trinajstić information content (AvgIpc) is 3.17. The van der Waals surface area contributed by atoms with Gasteiger partial charge in [0.1, 0.15) is 6.26 Å². The molecule has 28 heavy (non-hydrogen) atoms. The summed E-state index contributed by atoms with van der Waals surface area (Å²) in [5, 5.41) is 0. The fraction of sp³-hybridized carbons (Fsp3) is 0.565. The Hall–Kier alpha value is -2.14. The number of nitrogens with zero attached hydrogens (tertiary/aromatic N) is 3. The van der Waals surface area contributed by atoms with E-state index < -0.39 is 0 Å². The molecule has 0 N–H and O–H groups in total. The van der Waals surface area contributed by atoms with Crippen molar-refractivity contribution in [2.75, 3.05) is 13.1 Å². The van der Waals surface area contributed by atoms with E-state index in [0.29, 0.717) is 30.1 Å². The van der Waals surface area contributed by atoms with Crippen LogP contribution in [0.5, 0.6) is 0 Å². The lowest BCUT2D eigenvalue weighted by molar-refractivity contribution is 0.0718. The van der Waals surface area contributed by atoms with E-state index >= 15 is 0 Å². The van der Waals surface area contributed by atoms with E-state index in [1.165, 1.54) is 23.8 Å². The van der Waals surface area contributed by atoms with Gasteiger partial charge in [-0.3, -0.25) is 9.69 Å². The van der Waals surface area contributed by atoms with Crippen molar-refractivity contribution in [2.45, 2.75) is 66.1 Å². The molecule has 1 amide bonds. The summed E-state index contributed by atoms with van der Waals surface area (Å²) in [6.07, 6.45) is 4.88. The first-order chi connectivity index (χ1) is 13.4. The van der Waals surface area contributed by atoms with E-state index in [-0.39, 0.29) is 5.91 Å². The Kier molecular flexibility index (Phi) is 6.89. The molecule has 0 aliphatic carbocycles. The van der Waals surface area contributed by atoms with Crippen LogP contribution in [0.15, 0.2) is 34.9 Å². The number of hydrogen-bond donors (Lipinski definition) is 0. The Labute approximate surface area is 168 Å². The molecule has 1 aromatic carbocycles. The second kappa shape index (κ2) is 9.37. The van der Waals surface area contributed by atoms with Crippen LogP contribution in [0.1, 0.15) is 67.5 Å². The van der Waals surface area contributed by atoms with Crippen molar-refractivity contribution in [3.05, 3.63) is 53.2 Å². The van der Waals surface area contributed by atoms with Crippen molar-refractivity contribution < 1.29 is 9.21 Å². The molecule has 5 nitrogen and oxygen atoms in total. The molecule has 152 valence electrons. The zero-order chi connectivity index (χ0) is 20.1. The number of oxazole rings is 1. The first-order valence-corrected chi connectivity index (χ1v) is 10.5. The minimum atomic E-state index is -0.00306. The maximum absolute atomic E-state index is 12.7. The van der Waals surface area contributed by atoms with Crippen molar-refractivity contribution in [1.29, 1.82) is 0 Å². The summed E-state index contributed by atoms with van der Waals surface area (Å²) in [4.78, 5) is 21.4. The molecule has 2 heterocycles. The molecule has 1 unspecified atom stereocenters. The monoisotopic (exact) mass is 383 g/mol. The molecule has 1 atom stereocenters. The smallest absolute Gasteiger partial charge is 0.275 e. The minimum Gasteiger partial charge on any atom is -0.447 e. The lowest BCUT2D eigenvalue weighted by Crippen LogP contribution is -2.36. The van der Waals surface area contributed by atoms with Crippen LogP contribution in [0, 0.1) is 12.8 Å². The molecule has 0 bridgehead atoms. The van der Waals surface area contributed by atoms with Gasteiger partial charge in [-0.05, 0) is 44.6 Å².